The van der Waals surface area contributed by atoms with Crippen molar-refractivity contribution in [2.75, 3.05) is 6.54 Å². The molecule has 3 aromatic carbocycles. The van der Waals surface area contributed by atoms with Crippen LogP contribution in [0.2, 0.25) is 0 Å². The molecule has 0 heterocycles. The predicted octanol–water partition coefficient (Wildman–Crippen LogP) is 3.09. The molecule has 0 spiro atoms. The summed E-state index contributed by atoms with van der Waals surface area (Å²) in [6, 6.07) is 20.2. The van der Waals surface area contributed by atoms with Crippen LogP contribution in [0.5, 0.6) is 5.75 Å². The van der Waals surface area contributed by atoms with E-state index in [1.165, 1.54) is 18.2 Å². The molecular weight excluding hydrogens is 400 g/mol. The Hall–Kier alpha value is -3.16. The number of benzene rings is 3. The van der Waals surface area contributed by atoms with Gasteiger partial charge in [0.1, 0.15) is 12.4 Å². The maximum absolute atomic E-state index is 13.0. The third-order valence-electron chi connectivity index (χ3n) is 4.67. The van der Waals surface area contributed by atoms with Crippen molar-refractivity contribution in [1.29, 1.82) is 0 Å². The van der Waals surface area contributed by atoms with Crippen molar-refractivity contribution in [3.05, 3.63) is 89.5 Å². The van der Waals surface area contributed by atoms with E-state index in [1.54, 1.807) is 24.3 Å². The summed E-state index contributed by atoms with van der Waals surface area (Å²) in [5.41, 5.74) is 12.9. The lowest BCUT2D eigenvalue weighted by Crippen LogP contribution is -2.14. The van der Waals surface area contributed by atoms with Crippen LogP contribution in [-0.2, 0) is 22.9 Å². The molecule has 0 saturated heterocycles. The fraction of sp³-hybridized carbons (Fsp3) is 0.174. The highest BCUT2D eigenvalue weighted by atomic mass is 32.2. The van der Waals surface area contributed by atoms with Gasteiger partial charge in [0.15, 0.2) is 0 Å². The third kappa shape index (κ3) is 5.06. The van der Waals surface area contributed by atoms with Gasteiger partial charge in [0, 0.05) is 0 Å². The summed E-state index contributed by atoms with van der Waals surface area (Å²) in [7, 11) is -3.80. The first-order valence-corrected chi connectivity index (χ1v) is 11.0. The van der Waals surface area contributed by atoms with E-state index in [0.29, 0.717) is 6.54 Å². The maximum Gasteiger partial charge on any atom is 0.252 e. The number of sulfone groups is 1. The van der Waals surface area contributed by atoms with Crippen LogP contribution in [0.4, 0.5) is 0 Å². The minimum atomic E-state index is -3.80. The minimum absolute atomic E-state index is 0.0157. The Kier molecular flexibility index (Phi) is 6.87. The van der Waals surface area contributed by atoms with Crippen molar-refractivity contribution < 1.29 is 17.9 Å². The third-order valence-corrected chi connectivity index (χ3v) is 6.43. The van der Waals surface area contributed by atoms with Gasteiger partial charge in [-0.15, -0.1) is 0 Å². The number of ether oxygens (including phenoxy) is 1. The van der Waals surface area contributed by atoms with Crippen molar-refractivity contribution in [3.8, 4) is 5.75 Å². The van der Waals surface area contributed by atoms with E-state index in [0.717, 1.165) is 24.0 Å². The number of hydrogen-bond acceptors (Lipinski definition) is 5. The molecule has 0 atom stereocenters. The second kappa shape index (κ2) is 9.56. The summed E-state index contributed by atoms with van der Waals surface area (Å²) in [6.45, 7) is 0.812. The van der Waals surface area contributed by atoms with E-state index in [1.807, 2.05) is 30.3 Å². The summed E-state index contributed by atoms with van der Waals surface area (Å²) in [6.07, 6.45) is 1.62. The summed E-state index contributed by atoms with van der Waals surface area (Å²) in [5.74, 6) is -0.519. The fourth-order valence-electron chi connectivity index (χ4n) is 3.01. The molecule has 7 heteroatoms. The number of hydrogen-bond donors (Lipinski definition) is 2. The lowest BCUT2D eigenvalue weighted by molar-refractivity contribution is 0.0995. The van der Waals surface area contributed by atoms with Gasteiger partial charge in [0.05, 0.1) is 15.4 Å². The molecule has 0 aliphatic rings. The van der Waals surface area contributed by atoms with E-state index in [2.05, 4.69) is 0 Å². The first-order valence-electron chi connectivity index (χ1n) is 9.56. The molecular formula is C23H24N2O4S. The van der Waals surface area contributed by atoms with Gasteiger partial charge in [-0.25, -0.2) is 8.42 Å². The topological polar surface area (TPSA) is 112 Å². The molecule has 0 fully saturated rings. The molecule has 3 aromatic rings. The molecule has 0 bridgehead atoms. The Morgan fingerprint density at radius 1 is 0.867 bits per heavy atom. The van der Waals surface area contributed by atoms with Crippen LogP contribution < -0.4 is 16.2 Å². The molecule has 30 heavy (non-hydrogen) atoms. The molecule has 1 amide bonds. The van der Waals surface area contributed by atoms with Crippen LogP contribution in [0.3, 0.4) is 0 Å². The number of carbonyl (C=O) groups is 1. The highest BCUT2D eigenvalue weighted by molar-refractivity contribution is 7.91. The van der Waals surface area contributed by atoms with E-state index < -0.39 is 15.7 Å². The number of nitrogens with two attached hydrogens (primary N) is 2. The highest BCUT2D eigenvalue weighted by Crippen LogP contribution is 2.27. The smallest absolute Gasteiger partial charge is 0.252 e. The molecule has 6 nitrogen and oxygen atoms in total. The van der Waals surface area contributed by atoms with Crippen LogP contribution in [0.1, 0.15) is 27.9 Å². The van der Waals surface area contributed by atoms with Crippen molar-refractivity contribution in [2.24, 2.45) is 11.5 Å². The quantitative estimate of drug-likeness (QED) is 0.548. The molecule has 0 unspecified atom stereocenters. The number of amides is 1. The monoisotopic (exact) mass is 424 g/mol. The average Bonchev–Trinajstić information content (AvgIpc) is 2.77. The Morgan fingerprint density at radius 2 is 1.53 bits per heavy atom. The van der Waals surface area contributed by atoms with Gasteiger partial charge in [0.25, 0.3) is 5.91 Å². The number of primary amides is 1. The Balaban J connectivity index is 1.86. The van der Waals surface area contributed by atoms with Crippen LogP contribution in [0.15, 0.2) is 82.6 Å². The van der Waals surface area contributed by atoms with Gasteiger partial charge >= 0.3 is 0 Å². The van der Waals surface area contributed by atoms with Crippen LogP contribution >= 0.6 is 0 Å². The minimum Gasteiger partial charge on any atom is -0.488 e. The van der Waals surface area contributed by atoms with Gasteiger partial charge < -0.3 is 16.2 Å². The van der Waals surface area contributed by atoms with Gasteiger partial charge in [-0.05, 0) is 60.8 Å². The van der Waals surface area contributed by atoms with E-state index in [4.69, 9.17) is 16.2 Å². The molecule has 0 aliphatic heterocycles. The first kappa shape index (κ1) is 21.5. The lowest BCUT2D eigenvalue weighted by Gasteiger charge is -2.12. The molecule has 0 saturated carbocycles. The zero-order chi connectivity index (χ0) is 21.6. The standard InChI is InChI=1S/C23H24N2O4S/c24-14-4-7-17-8-10-19(11-9-17)30(27,28)20-12-13-22(21(15-20)23(25)26)29-16-18-5-2-1-3-6-18/h1-3,5-6,8-13,15H,4,7,14,16,24H2,(H2,25,26). The Bertz CT molecular complexity index is 1110. The molecule has 0 aliphatic carbocycles. The summed E-state index contributed by atoms with van der Waals surface area (Å²) in [5, 5.41) is 0. The van der Waals surface area contributed by atoms with Crippen molar-refractivity contribution in [2.45, 2.75) is 29.2 Å². The highest BCUT2D eigenvalue weighted by Gasteiger charge is 2.21. The van der Waals surface area contributed by atoms with Crippen LogP contribution in [-0.4, -0.2) is 20.9 Å². The summed E-state index contributed by atoms with van der Waals surface area (Å²) in [4.78, 5) is 12.1. The number of carbonyl (C=O) groups excluding carboxylic acids is 1. The van der Waals surface area contributed by atoms with E-state index in [9.17, 15) is 13.2 Å². The van der Waals surface area contributed by atoms with Gasteiger partial charge in [0.2, 0.25) is 9.84 Å². The number of aryl methyl sites for hydroxylation is 1. The summed E-state index contributed by atoms with van der Waals surface area (Å²) < 4.78 is 31.7. The largest absolute Gasteiger partial charge is 0.488 e. The Morgan fingerprint density at radius 3 is 2.17 bits per heavy atom. The second-order valence-electron chi connectivity index (χ2n) is 6.84. The van der Waals surface area contributed by atoms with Gasteiger partial charge in [-0.2, -0.15) is 0 Å². The van der Waals surface area contributed by atoms with Gasteiger partial charge in [-0.1, -0.05) is 42.5 Å². The lowest BCUT2D eigenvalue weighted by atomic mass is 10.1. The molecule has 3 rings (SSSR count). The normalized spacial score (nSPS) is 11.2. The average molecular weight is 425 g/mol. The maximum atomic E-state index is 13.0. The van der Waals surface area contributed by atoms with Gasteiger partial charge in [-0.3, -0.25) is 4.79 Å². The van der Waals surface area contributed by atoms with Crippen molar-refractivity contribution in [1.82, 2.24) is 0 Å². The summed E-state index contributed by atoms with van der Waals surface area (Å²) >= 11 is 0. The zero-order valence-electron chi connectivity index (χ0n) is 16.5. The zero-order valence-corrected chi connectivity index (χ0v) is 17.3. The fourth-order valence-corrected chi connectivity index (χ4v) is 4.29. The molecule has 4 N–H and O–H groups in total. The van der Waals surface area contributed by atoms with Crippen molar-refractivity contribution in [3.63, 3.8) is 0 Å². The SMILES string of the molecule is NCCCc1ccc(S(=O)(=O)c2ccc(OCc3ccccc3)c(C(N)=O)c2)cc1. The van der Waals surface area contributed by atoms with E-state index >= 15 is 0 Å². The van der Waals surface area contributed by atoms with Crippen LogP contribution in [0, 0.1) is 0 Å². The van der Waals surface area contributed by atoms with Crippen LogP contribution in [0.25, 0.3) is 0 Å². The first-order chi connectivity index (χ1) is 14.4. The molecule has 0 aromatic heterocycles. The van der Waals surface area contributed by atoms with Crippen molar-refractivity contribution >= 4 is 15.7 Å². The molecule has 0 radical (unpaired) electrons. The Labute approximate surface area is 176 Å². The second-order valence-corrected chi connectivity index (χ2v) is 8.79. The number of rotatable bonds is 9. The van der Waals surface area contributed by atoms with E-state index in [-0.39, 0.29) is 27.7 Å². The predicted molar refractivity (Wildman–Crippen MR) is 115 cm³/mol. The molecule has 156 valence electrons.